The summed E-state index contributed by atoms with van der Waals surface area (Å²) in [6.07, 6.45) is 1.27. The number of rotatable bonds is 5. The fourth-order valence-electron chi connectivity index (χ4n) is 1.68. The van der Waals surface area contributed by atoms with Crippen LogP contribution in [0.2, 0.25) is 4.34 Å². The van der Waals surface area contributed by atoms with E-state index in [-0.39, 0.29) is 23.4 Å². The molecule has 2 rings (SSSR count). The minimum Gasteiger partial charge on any atom is -0.367 e. The molecule has 1 atom stereocenters. The number of nitrogens with zero attached hydrogens (tertiary/aromatic N) is 3. The van der Waals surface area contributed by atoms with Gasteiger partial charge in [0.15, 0.2) is 0 Å². The Balaban J connectivity index is 2.31. The molecule has 1 unspecified atom stereocenters. The van der Waals surface area contributed by atoms with E-state index in [4.69, 9.17) is 11.6 Å². The number of nitrogens with one attached hydrogen (secondary N) is 2. The smallest absolute Gasteiger partial charge is 0.353 e. The maximum atomic E-state index is 11.2. The topological polar surface area (TPSA) is 93.0 Å². The molecule has 0 radical (unpaired) electrons. The van der Waals surface area contributed by atoms with Crippen LogP contribution >= 0.6 is 22.9 Å². The van der Waals surface area contributed by atoms with Crippen molar-refractivity contribution in [3.05, 3.63) is 37.8 Å². The Morgan fingerprint density at radius 1 is 1.40 bits per heavy atom. The van der Waals surface area contributed by atoms with Crippen LogP contribution < -0.4 is 10.6 Å². The monoisotopic (exact) mass is 313 g/mol. The summed E-state index contributed by atoms with van der Waals surface area (Å²) in [4.78, 5) is 19.4. The van der Waals surface area contributed by atoms with Crippen LogP contribution in [-0.2, 0) is 0 Å². The second-order valence-corrected chi connectivity index (χ2v) is 5.68. The lowest BCUT2D eigenvalue weighted by Crippen LogP contribution is -2.10. The van der Waals surface area contributed by atoms with Crippen LogP contribution in [0.5, 0.6) is 0 Å². The van der Waals surface area contributed by atoms with E-state index in [9.17, 15) is 10.1 Å². The molecule has 106 valence electrons. The number of hydrogen-bond acceptors (Lipinski definition) is 7. The van der Waals surface area contributed by atoms with Crippen LogP contribution in [0.1, 0.15) is 17.8 Å². The highest BCUT2D eigenvalue weighted by molar-refractivity contribution is 7.16. The molecule has 2 heterocycles. The van der Waals surface area contributed by atoms with Crippen LogP contribution in [0.15, 0.2) is 18.5 Å². The Morgan fingerprint density at radius 2 is 2.10 bits per heavy atom. The Bertz CT molecular complexity index is 633. The molecular weight excluding hydrogens is 302 g/mol. The first-order chi connectivity index (χ1) is 9.52. The predicted octanol–water partition coefficient (Wildman–Crippen LogP) is 3.31. The number of halogens is 1. The molecule has 2 aromatic rings. The molecule has 2 aromatic heterocycles. The van der Waals surface area contributed by atoms with Gasteiger partial charge in [-0.05, 0) is 19.1 Å². The van der Waals surface area contributed by atoms with E-state index in [0.717, 1.165) is 4.88 Å². The van der Waals surface area contributed by atoms with Crippen molar-refractivity contribution in [2.24, 2.45) is 0 Å². The third-order valence-electron chi connectivity index (χ3n) is 2.62. The molecule has 0 aliphatic carbocycles. The van der Waals surface area contributed by atoms with Gasteiger partial charge in [-0.25, -0.2) is 9.97 Å². The molecule has 0 saturated carbocycles. The van der Waals surface area contributed by atoms with Crippen LogP contribution in [0.25, 0.3) is 0 Å². The first-order valence-electron chi connectivity index (χ1n) is 5.71. The third kappa shape index (κ3) is 2.97. The number of hydrogen-bond donors (Lipinski definition) is 2. The predicted molar refractivity (Wildman–Crippen MR) is 79.6 cm³/mol. The summed E-state index contributed by atoms with van der Waals surface area (Å²) >= 11 is 7.30. The summed E-state index contributed by atoms with van der Waals surface area (Å²) in [5.41, 5.74) is -0.176. The van der Waals surface area contributed by atoms with Gasteiger partial charge in [0.25, 0.3) is 0 Å². The summed E-state index contributed by atoms with van der Waals surface area (Å²) in [6, 6.07) is 3.51. The maximum absolute atomic E-state index is 11.2. The van der Waals surface area contributed by atoms with E-state index in [1.54, 1.807) is 13.1 Å². The Morgan fingerprint density at radius 3 is 2.65 bits per heavy atom. The zero-order valence-electron chi connectivity index (χ0n) is 10.8. The van der Waals surface area contributed by atoms with Crippen molar-refractivity contribution in [3.63, 3.8) is 0 Å². The van der Waals surface area contributed by atoms with Gasteiger partial charge in [0, 0.05) is 11.9 Å². The largest absolute Gasteiger partial charge is 0.367 e. The number of aromatic nitrogens is 2. The highest BCUT2D eigenvalue weighted by atomic mass is 35.5. The lowest BCUT2D eigenvalue weighted by molar-refractivity contribution is -0.383. The van der Waals surface area contributed by atoms with E-state index in [1.807, 2.05) is 13.0 Å². The molecule has 0 aromatic carbocycles. The maximum Gasteiger partial charge on any atom is 0.353 e. The molecule has 0 saturated heterocycles. The van der Waals surface area contributed by atoms with Crippen molar-refractivity contribution < 1.29 is 4.92 Å². The van der Waals surface area contributed by atoms with Gasteiger partial charge in [-0.1, -0.05) is 11.6 Å². The first kappa shape index (κ1) is 14.5. The molecule has 0 amide bonds. The number of nitro groups is 1. The Kier molecular flexibility index (Phi) is 4.35. The van der Waals surface area contributed by atoms with Crippen molar-refractivity contribution in [2.45, 2.75) is 13.0 Å². The molecule has 0 aliphatic heterocycles. The molecule has 9 heteroatoms. The van der Waals surface area contributed by atoms with Crippen molar-refractivity contribution >= 4 is 40.3 Å². The summed E-state index contributed by atoms with van der Waals surface area (Å²) in [6.45, 7) is 1.88. The zero-order valence-corrected chi connectivity index (χ0v) is 12.3. The van der Waals surface area contributed by atoms with Crippen LogP contribution in [-0.4, -0.2) is 21.9 Å². The van der Waals surface area contributed by atoms with E-state index >= 15 is 0 Å². The minimum absolute atomic E-state index is 0.147. The van der Waals surface area contributed by atoms with Gasteiger partial charge >= 0.3 is 5.69 Å². The normalized spacial score (nSPS) is 11.9. The second-order valence-electron chi connectivity index (χ2n) is 3.93. The van der Waals surface area contributed by atoms with E-state index in [1.165, 1.54) is 17.7 Å². The SMILES string of the molecule is CNc1ncnc(NC(C)c2ccc(Cl)s2)c1[N+](=O)[O-]. The van der Waals surface area contributed by atoms with Gasteiger partial charge < -0.3 is 10.6 Å². The molecule has 0 bridgehead atoms. The molecule has 0 fully saturated rings. The van der Waals surface area contributed by atoms with Gasteiger partial charge in [0.05, 0.1) is 15.3 Å². The van der Waals surface area contributed by atoms with Gasteiger partial charge in [0.1, 0.15) is 6.33 Å². The summed E-state index contributed by atoms with van der Waals surface area (Å²) in [5.74, 6) is 0.343. The fourth-order valence-corrected chi connectivity index (χ4v) is 2.74. The average Bonchev–Trinajstić information content (AvgIpc) is 2.84. The van der Waals surface area contributed by atoms with Crippen molar-refractivity contribution in [1.82, 2.24) is 9.97 Å². The number of anilines is 2. The lowest BCUT2D eigenvalue weighted by Gasteiger charge is -2.13. The van der Waals surface area contributed by atoms with Crippen molar-refractivity contribution in [2.75, 3.05) is 17.7 Å². The van der Waals surface area contributed by atoms with Crippen LogP contribution in [0.3, 0.4) is 0 Å². The number of thiophene rings is 1. The Labute approximate surface area is 124 Å². The lowest BCUT2D eigenvalue weighted by atomic mass is 10.2. The summed E-state index contributed by atoms with van der Waals surface area (Å²) in [7, 11) is 1.57. The summed E-state index contributed by atoms with van der Waals surface area (Å²) in [5, 5.41) is 16.8. The highest BCUT2D eigenvalue weighted by Crippen LogP contribution is 2.33. The fraction of sp³-hybridized carbons (Fsp3) is 0.273. The zero-order chi connectivity index (χ0) is 14.7. The van der Waals surface area contributed by atoms with Gasteiger partial charge in [0.2, 0.25) is 11.6 Å². The standard InChI is InChI=1S/C11H12ClN5O2S/c1-6(7-3-4-8(12)20-7)16-11-9(17(18)19)10(13-2)14-5-15-11/h3-6H,1-2H3,(H2,13,14,15,16). The van der Waals surface area contributed by atoms with Gasteiger partial charge in [-0.2, -0.15) is 0 Å². The highest BCUT2D eigenvalue weighted by Gasteiger charge is 2.23. The molecule has 0 spiro atoms. The summed E-state index contributed by atoms with van der Waals surface area (Å²) < 4.78 is 0.668. The molecule has 7 nitrogen and oxygen atoms in total. The van der Waals surface area contributed by atoms with Crippen molar-refractivity contribution in [3.8, 4) is 0 Å². The molecular formula is C11H12ClN5O2S. The van der Waals surface area contributed by atoms with Gasteiger partial charge in [-0.3, -0.25) is 10.1 Å². The third-order valence-corrected chi connectivity index (χ3v) is 4.03. The van der Waals surface area contributed by atoms with Crippen LogP contribution in [0.4, 0.5) is 17.3 Å². The van der Waals surface area contributed by atoms with E-state index in [2.05, 4.69) is 20.6 Å². The van der Waals surface area contributed by atoms with Gasteiger partial charge in [-0.15, -0.1) is 11.3 Å². The quantitative estimate of drug-likeness (QED) is 0.649. The van der Waals surface area contributed by atoms with E-state index in [0.29, 0.717) is 4.34 Å². The Hall–Kier alpha value is -1.93. The second kappa shape index (κ2) is 6.02. The molecule has 2 N–H and O–H groups in total. The molecule has 0 aliphatic rings. The van der Waals surface area contributed by atoms with Crippen molar-refractivity contribution in [1.29, 1.82) is 0 Å². The molecule has 20 heavy (non-hydrogen) atoms. The van der Waals surface area contributed by atoms with Crippen LogP contribution in [0, 0.1) is 10.1 Å². The van der Waals surface area contributed by atoms with E-state index < -0.39 is 4.92 Å². The average molecular weight is 314 g/mol. The minimum atomic E-state index is -0.512. The first-order valence-corrected chi connectivity index (χ1v) is 6.91.